The summed E-state index contributed by atoms with van der Waals surface area (Å²) >= 11 is 0. The van der Waals surface area contributed by atoms with Crippen molar-refractivity contribution < 1.29 is 19.4 Å². The SMILES string of the molecule is CC1C/C=C/[C@@H](OC(=O)N(C)C)CC[C@H]1CC(=O)O. The average molecular weight is 269 g/mol. The van der Waals surface area contributed by atoms with E-state index in [1.807, 2.05) is 12.2 Å². The van der Waals surface area contributed by atoms with Crippen LogP contribution in [0.3, 0.4) is 0 Å². The number of rotatable bonds is 3. The van der Waals surface area contributed by atoms with E-state index in [0.29, 0.717) is 12.3 Å². The fourth-order valence-electron chi connectivity index (χ4n) is 2.26. The molecular weight excluding hydrogens is 246 g/mol. The molecule has 0 aromatic heterocycles. The van der Waals surface area contributed by atoms with Gasteiger partial charge in [0.05, 0.1) is 0 Å². The number of amides is 1. The smallest absolute Gasteiger partial charge is 0.409 e. The first-order chi connectivity index (χ1) is 8.90. The second-order valence-electron chi connectivity index (χ2n) is 5.39. The van der Waals surface area contributed by atoms with Gasteiger partial charge in [0, 0.05) is 20.5 Å². The van der Waals surface area contributed by atoms with Crippen molar-refractivity contribution in [2.45, 2.75) is 38.7 Å². The van der Waals surface area contributed by atoms with E-state index in [9.17, 15) is 9.59 Å². The van der Waals surface area contributed by atoms with Gasteiger partial charge in [0.1, 0.15) is 6.10 Å². The molecular formula is C14H23NO4. The summed E-state index contributed by atoms with van der Waals surface area (Å²) in [6.45, 7) is 2.07. The van der Waals surface area contributed by atoms with Gasteiger partial charge in [-0.1, -0.05) is 13.0 Å². The van der Waals surface area contributed by atoms with Crippen LogP contribution in [-0.4, -0.2) is 42.3 Å². The van der Waals surface area contributed by atoms with Crippen molar-refractivity contribution in [3.05, 3.63) is 12.2 Å². The quantitative estimate of drug-likeness (QED) is 0.799. The minimum Gasteiger partial charge on any atom is -0.481 e. The molecule has 0 heterocycles. The van der Waals surface area contributed by atoms with Crippen LogP contribution in [0.1, 0.15) is 32.6 Å². The molecule has 1 unspecified atom stereocenters. The highest BCUT2D eigenvalue weighted by Gasteiger charge is 2.24. The number of aliphatic carboxylic acids is 1. The second-order valence-corrected chi connectivity index (χ2v) is 5.39. The van der Waals surface area contributed by atoms with Gasteiger partial charge in [-0.15, -0.1) is 0 Å². The Balaban J connectivity index is 2.60. The van der Waals surface area contributed by atoms with Crippen LogP contribution >= 0.6 is 0 Å². The Bertz CT molecular complexity index is 351. The van der Waals surface area contributed by atoms with Gasteiger partial charge in [0.25, 0.3) is 0 Å². The van der Waals surface area contributed by atoms with Crippen molar-refractivity contribution >= 4 is 12.1 Å². The molecule has 5 heteroatoms. The standard InChI is InChI=1S/C14H23NO4/c1-10-5-4-6-12(19-14(18)15(2)3)8-7-11(10)9-13(16)17/h4,6,10-12H,5,7-9H2,1-3H3,(H,16,17)/b6-4+/t10?,11-,12+/m0/s1. The third kappa shape index (κ3) is 5.32. The van der Waals surface area contributed by atoms with Crippen molar-refractivity contribution in [3.8, 4) is 0 Å². The maximum atomic E-state index is 11.5. The zero-order valence-corrected chi connectivity index (χ0v) is 11.8. The Kier molecular flexibility index (Phi) is 5.86. The number of hydrogen-bond acceptors (Lipinski definition) is 3. The molecule has 1 N–H and O–H groups in total. The minimum atomic E-state index is -0.761. The predicted molar refractivity (Wildman–Crippen MR) is 71.9 cm³/mol. The van der Waals surface area contributed by atoms with Gasteiger partial charge in [-0.05, 0) is 37.2 Å². The number of carboxylic acid groups (broad SMARTS) is 1. The third-order valence-corrected chi connectivity index (χ3v) is 3.54. The number of hydrogen-bond donors (Lipinski definition) is 1. The number of carbonyl (C=O) groups excluding carboxylic acids is 1. The van der Waals surface area contributed by atoms with Crippen molar-refractivity contribution in [2.24, 2.45) is 11.8 Å². The molecule has 0 aromatic rings. The normalized spacial score (nSPS) is 28.9. The highest BCUT2D eigenvalue weighted by atomic mass is 16.6. The van der Waals surface area contributed by atoms with Crippen molar-refractivity contribution in [2.75, 3.05) is 14.1 Å². The molecule has 3 atom stereocenters. The lowest BCUT2D eigenvalue weighted by molar-refractivity contribution is -0.138. The number of carbonyl (C=O) groups is 2. The molecule has 1 aliphatic carbocycles. The molecule has 19 heavy (non-hydrogen) atoms. The molecule has 0 aromatic carbocycles. The second kappa shape index (κ2) is 7.16. The molecule has 1 amide bonds. The van der Waals surface area contributed by atoms with E-state index in [2.05, 4.69) is 6.92 Å². The third-order valence-electron chi connectivity index (χ3n) is 3.54. The van der Waals surface area contributed by atoms with Crippen molar-refractivity contribution in [1.29, 1.82) is 0 Å². The first-order valence-electron chi connectivity index (χ1n) is 6.66. The van der Waals surface area contributed by atoms with Crippen molar-refractivity contribution in [3.63, 3.8) is 0 Å². The van der Waals surface area contributed by atoms with Crippen molar-refractivity contribution in [1.82, 2.24) is 4.90 Å². The van der Waals surface area contributed by atoms with Crippen LogP contribution in [0.2, 0.25) is 0 Å². The Morgan fingerprint density at radius 1 is 1.37 bits per heavy atom. The summed E-state index contributed by atoms with van der Waals surface area (Å²) in [7, 11) is 3.29. The first kappa shape index (κ1) is 15.5. The van der Waals surface area contributed by atoms with E-state index < -0.39 is 5.97 Å². The highest BCUT2D eigenvalue weighted by Crippen LogP contribution is 2.28. The molecule has 108 valence electrons. The van der Waals surface area contributed by atoms with Crippen LogP contribution in [0.4, 0.5) is 4.79 Å². The van der Waals surface area contributed by atoms with Gasteiger partial charge < -0.3 is 14.7 Å². The Morgan fingerprint density at radius 3 is 2.63 bits per heavy atom. The molecule has 0 saturated heterocycles. The van der Waals surface area contributed by atoms with Crippen LogP contribution in [0.5, 0.6) is 0 Å². The molecule has 0 spiro atoms. The zero-order valence-electron chi connectivity index (χ0n) is 11.8. The lowest BCUT2D eigenvalue weighted by atomic mass is 9.82. The van der Waals surface area contributed by atoms with E-state index in [0.717, 1.165) is 12.8 Å². The van der Waals surface area contributed by atoms with Gasteiger partial charge in [-0.25, -0.2) is 4.79 Å². The summed E-state index contributed by atoms with van der Waals surface area (Å²) in [5.41, 5.74) is 0. The van der Waals surface area contributed by atoms with Gasteiger partial charge in [-0.2, -0.15) is 0 Å². The summed E-state index contributed by atoms with van der Waals surface area (Å²) < 4.78 is 5.33. The largest absolute Gasteiger partial charge is 0.481 e. The molecule has 0 radical (unpaired) electrons. The number of allylic oxidation sites excluding steroid dienone is 1. The minimum absolute atomic E-state index is 0.142. The molecule has 1 aliphatic rings. The van der Waals surface area contributed by atoms with Gasteiger partial charge in [-0.3, -0.25) is 4.79 Å². The monoisotopic (exact) mass is 269 g/mol. The van der Waals surface area contributed by atoms with Gasteiger partial charge >= 0.3 is 12.1 Å². The molecule has 0 aliphatic heterocycles. The molecule has 1 rings (SSSR count). The average Bonchev–Trinajstić information content (AvgIpc) is 2.31. The molecule has 0 bridgehead atoms. The number of carboxylic acids is 1. The fourth-order valence-corrected chi connectivity index (χ4v) is 2.26. The van der Waals surface area contributed by atoms with E-state index in [4.69, 9.17) is 9.84 Å². The Hall–Kier alpha value is -1.52. The fraction of sp³-hybridized carbons (Fsp3) is 0.714. The molecule has 0 fully saturated rings. The maximum absolute atomic E-state index is 11.5. The maximum Gasteiger partial charge on any atom is 0.409 e. The lowest BCUT2D eigenvalue weighted by Gasteiger charge is -2.26. The Morgan fingerprint density at radius 2 is 2.05 bits per heavy atom. The predicted octanol–water partition coefficient (Wildman–Crippen LogP) is 2.52. The highest BCUT2D eigenvalue weighted by molar-refractivity contribution is 5.67. The number of nitrogens with zero attached hydrogens (tertiary/aromatic N) is 1. The topological polar surface area (TPSA) is 66.8 Å². The summed E-state index contributed by atoms with van der Waals surface area (Å²) in [6, 6.07) is 0. The van der Waals surface area contributed by atoms with Crippen LogP contribution in [0.15, 0.2) is 12.2 Å². The van der Waals surface area contributed by atoms with E-state index in [-0.39, 0.29) is 24.5 Å². The number of ether oxygens (including phenoxy) is 1. The van der Waals surface area contributed by atoms with Gasteiger partial charge in [0.2, 0.25) is 0 Å². The zero-order chi connectivity index (χ0) is 14.4. The van der Waals surface area contributed by atoms with E-state index in [1.54, 1.807) is 14.1 Å². The van der Waals surface area contributed by atoms with Crippen LogP contribution in [0, 0.1) is 11.8 Å². The first-order valence-corrected chi connectivity index (χ1v) is 6.66. The van der Waals surface area contributed by atoms with Crippen LogP contribution < -0.4 is 0 Å². The van der Waals surface area contributed by atoms with Crippen LogP contribution in [0.25, 0.3) is 0 Å². The summed E-state index contributed by atoms with van der Waals surface area (Å²) in [5, 5.41) is 8.92. The summed E-state index contributed by atoms with van der Waals surface area (Å²) in [4.78, 5) is 23.8. The summed E-state index contributed by atoms with van der Waals surface area (Å²) in [6.07, 6.45) is 5.75. The Labute approximate surface area is 114 Å². The molecule has 5 nitrogen and oxygen atoms in total. The van der Waals surface area contributed by atoms with Gasteiger partial charge in [0.15, 0.2) is 0 Å². The lowest BCUT2D eigenvalue weighted by Crippen LogP contribution is -2.28. The summed E-state index contributed by atoms with van der Waals surface area (Å²) in [5.74, 6) is -0.274. The van der Waals surface area contributed by atoms with E-state index in [1.165, 1.54) is 4.90 Å². The van der Waals surface area contributed by atoms with Crippen LogP contribution in [-0.2, 0) is 9.53 Å². The molecule has 0 saturated carbocycles. The van der Waals surface area contributed by atoms with E-state index >= 15 is 0 Å².